The second-order valence-corrected chi connectivity index (χ2v) is 6.16. The van der Waals surface area contributed by atoms with Gasteiger partial charge in [-0.15, -0.1) is 0 Å². The van der Waals surface area contributed by atoms with Gasteiger partial charge in [-0.3, -0.25) is 4.79 Å². The van der Waals surface area contributed by atoms with Crippen LogP contribution in [0.3, 0.4) is 0 Å². The van der Waals surface area contributed by atoms with Crippen LogP contribution in [0.25, 0.3) is 0 Å². The van der Waals surface area contributed by atoms with E-state index >= 15 is 0 Å². The Balaban J connectivity index is 1.79. The lowest BCUT2D eigenvalue weighted by atomic mass is 9.84. The molecule has 1 unspecified atom stereocenters. The van der Waals surface area contributed by atoms with Gasteiger partial charge in [-0.1, -0.05) is 50.3 Å². The molecule has 0 aliphatic heterocycles. The normalized spacial score (nSPS) is 18.7. The fourth-order valence-corrected chi connectivity index (χ4v) is 3.06. The predicted molar refractivity (Wildman–Crippen MR) is 83.4 cm³/mol. The number of carbonyl (C=O) groups excluding carboxylic acids is 1. The molecule has 2 atom stereocenters. The number of aliphatic hydroxyl groups is 1. The number of aliphatic hydroxyl groups excluding tert-OH is 1. The lowest BCUT2D eigenvalue weighted by Gasteiger charge is -2.26. The summed E-state index contributed by atoms with van der Waals surface area (Å²) in [4.78, 5) is 11.9. The Hall–Kier alpha value is -1.46. The summed E-state index contributed by atoms with van der Waals surface area (Å²) >= 11 is 0. The molecule has 4 nitrogen and oxygen atoms in total. The summed E-state index contributed by atoms with van der Waals surface area (Å²) in [5.41, 5.74) is 6.36. The van der Waals surface area contributed by atoms with E-state index < -0.39 is 18.1 Å². The minimum Gasteiger partial charge on any atom is -0.382 e. The molecular formula is C17H25FN2O2. The third-order valence-corrected chi connectivity index (χ3v) is 4.42. The van der Waals surface area contributed by atoms with Gasteiger partial charge in [0.25, 0.3) is 5.91 Å². The molecule has 0 saturated heterocycles. The van der Waals surface area contributed by atoms with Gasteiger partial charge in [-0.05, 0) is 18.4 Å². The molecule has 0 aromatic heterocycles. The molecule has 2 rings (SSSR count). The van der Waals surface area contributed by atoms with E-state index in [1.54, 1.807) is 18.2 Å². The van der Waals surface area contributed by atoms with Crippen LogP contribution in [0.1, 0.15) is 44.1 Å². The molecule has 1 aliphatic rings. The Kier molecular flexibility index (Phi) is 6.34. The fourth-order valence-electron chi connectivity index (χ4n) is 3.06. The highest BCUT2D eigenvalue weighted by atomic mass is 19.1. The molecule has 1 aromatic carbocycles. The van der Waals surface area contributed by atoms with Crippen LogP contribution in [0, 0.1) is 11.7 Å². The van der Waals surface area contributed by atoms with Crippen LogP contribution < -0.4 is 11.1 Å². The number of halogens is 1. The van der Waals surface area contributed by atoms with E-state index in [2.05, 4.69) is 5.32 Å². The molecule has 0 bridgehead atoms. The average molecular weight is 308 g/mol. The van der Waals surface area contributed by atoms with Crippen molar-refractivity contribution >= 4 is 5.91 Å². The summed E-state index contributed by atoms with van der Waals surface area (Å²) < 4.78 is 13.5. The monoisotopic (exact) mass is 308 g/mol. The molecular weight excluding hydrogens is 283 g/mol. The second-order valence-electron chi connectivity index (χ2n) is 6.16. The molecule has 0 radical (unpaired) electrons. The van der Waals surface area contributed by atoms with Crippen molar-refractivity contribution in [1.29, 1.82) is 0 Å². The lowest BCUT2D eigenvalue weighted by Crippen LogP contribution is -2.47. The first-order valence-electron chi connectivity index (χ1n) is 8.02. The van der Waals surface area contributed by atoms with Gasteiger partial charge in [0.2, 0.25) is 0 Å². The van der Waals surface area contributed by atoms with Gasteiger partial charge in [-0.2, -0.15) is 0 Å². The smallest absolute Gasteiger partial charge is 0.250 e. The maximum atomic E-state index is 13.5. The first kappa shape index (κ1) is 16.9. The van der Waals surface area contributed by atoms with Gasteiger partial charge in [-0.25, -0.2) is 4.39 Å². The third kappa shape index (κ3) is 4.78. The molecule has 1 fully saturated rings. The number of carbonyl (C=O) groups is 1. The van der Waals surface area contributed by atoms with Crippen LogP contribution in [0.15, 0.2) is 24.3 Å². The van der Waals surface area contributed by atoms with Crippen LogP contribution >= 0.6 is 0 Å². The zero-order valence-electron chi connectivity index (χ0n) is 12.8. The standard InChI is InChI=1S/C17H25FN2O2/c18-14-9-5-4-8-13(14)11-20-17(22)16(21)15(19)10-12-6-2-1-3-7-12/h4-5,8-9,12,15-16,21H,1-3,6-7,10-11,19H2,(H,20,22)/t15-,16?/m1/s1. The third-order valence-electron chi connectivity index (χ3n) is 4.42. The number of rotatable bonds is 6. The quantitative estimate of drug-likeness (QED) is 0.753. The van der Waals surface area contributed by atoms with Gasteiger partial charge in [0, 0.05) is 18.2 Å². The molecule has 1 saturated carbocycles. The Bertz CT molecular complexity index is 489. The van der Waals surface area contributed by atoms with Crippen molar-refractivity contribution in [2.75, 3.05) is 0 Å². The largest absolute Gasteiger partial charge is 0.382 e. The van der Waals surface area contributed by atoms with Gasteiger partial charge in [0.15, 0.2) is 0 Å². The van der Waals surface area contributed by atoms with Gasteiger partial charge >= 0.3 is 0 Å². The number of benzene rings is 1. The molecule has 1 aromatic rings. The highest BCUT2D eigenvalue weighted by Gasteiger charge is 2.26. The summed E-state index contributed by atoms with van der Waals surface area (Å²) in [6.45, 7) is 0.0543. The van der Waals surface area contributed by atoms with E-state index in [1.165, 1.54) is 25.3 Å². The number of hydrogen-bond acceptors (Lipinski definition) is 3. The van der Waals surface area contributed by atoms with E-state index in [9.17, 15) is 14.3 Å². The van der Waals surface area contributed by atoms with Crippen molar-refractivity contribution in [2.45, 2.75) is 57.2 Å². The highest BCUT2D eigenvalue weighted by molar-refractivity contribution is 5.81. The summed E-state index contributed by atoms with van der Waals surface area (Å²) in [5, 5.41) is 12.6. The van der Waals surface area contributed by atoms with Crippen LogP contribution in [-0.2, 0) is 11.3 Å². The summed E-state index contributed by atoms with van der Waals surface area (Å²) in [6, 6.07) is 5.67. The van der Waals surface area contributed by atoms with Crippen molar-refractivity contribution < 1.29 is 14.3 Å². The maximum Gasteiger partial charge on any atom is 0.250 e. The van der Waals surface area contributed by atoms with Crippen molar-refractivity contribution in [2.24, 2.45) is 11.7 Å². The molecule has 1 amide bonds. The van der Waals surface area contributed by atoms with Crippen LogP contribution in [0.5, 0.6) is 0 Å². The minimum absolute atomic E-state index is 0.0543. The van der Waals surface area contributed by atoms with Gasteiger partial charge < -0.3 is 16.2 Å². The average Bonchev–Trinajstić information content (AvgIpc) is 2.54. The second kappa shape index (κ2) is 8.25. The minimum atomic E-state index is -1.24. The van der Waals surface area contributed by atoms with E-state index in [4.69, 9.17) is 5.73 Å². The van der Waals surface area contributed by atoms with Gasteiger partial charge in [0.1, 0.15) is 11.9 Å². The molecule has 122 valence electrons. The molecule has 0 spiro atoms. The highest BCUT2D eigenvalue weighted by Crippen LogP contribution is 2.27. The number of nitrogens with two attached hydrogens (primary N) is 1. The number of hydrogen-bond donors (Lipinski definition) is 3. The fraction of sp³-hybridized carbons (Fsp3) is 0.588. The maximum absolute atomic E-state index is 13.5. The SMILES string of the molecule is N[C@H](CC1CCCCC1)C(O)C(=O)NCc1ccccc1F. The first-order valence-corrected chi connectivity index (χ1v) is 8.02. The Morgan fingerprint density at radius 2 is 2.00 bits per heavy atom. The zero-order valence-corrected chi connectivity index (χ0v) is 12.8. The number of amides is 1. The Morgan fingerprint density at radius 3 is 2.68 bits per heavy atom. The van der Waals surface area contributed by atoms with Gasteiger partial charge in [0.05, 0.1) is 0 Å². The molecule has 0 heterocycles. The lowest BCUT2D eigenvalue weighted by molar-refractivity contribution is -0.130. The molecule has 1 aliphatic carbocycles. The van der Waals surface area contributed by atoms with Crippen LogP contribution in [-0.4, -0.2) is 23.2 Å². The number of nitrogens with one attached hydrogen (secondary N) is 1. The molecule has 4 N–H and O–H groups in total. The van der Waals surface area contributed by atoms with Crippen molar-refractivity contribution in [3.63, 3.8) is 0 Å². The summed E-state index contributed by atoms with van der Waals surface area (Å²) in [7, 11) is 0. The van der Waals surface area contributed by atoms with Crippen molar-refractivity contribution in [3.05, 3.63) is 35.6 Å². The molecule has 5 heteroatoms. The Labute approximate surface area is 130 Å². The first-order chi connectivity index (χ1) is 10.6. The van der Waals surface area contributed by atoms with E-state index in [1.807, 2.05) is 0 Å². The van der Waals surface area contributed by atoms with Crippen molar-refractivity contribution in [3.8, 4) is 0 Å². The van der Waals surface area contributed by atoms with Crippen LogP contribution in [0.4, 0.5) is 4.39 Å². The Morgan fingerprint density at radius 1 is 1.32 bits per heavy atom. The summed E-state index contributed by atoms with van der Waals surface area (Å²) in [6.07, 6.45) is 5.33. The van der Waals surface area contributed by atoms with E-state index in [-0.39, 0.29) is 12.4 Å². The molecule has 22 heavy (non-hydrogen) atoms. The van der Waals surface area contributed by atoms with E-state index in [0.29, 0.717) is 17.9 Å². The van der Waals surface area contributed by atoms with Crippen molar-refractivity contribution in [1.82, 2.24) is 5.32 Å². The van der Waals surface area contributed by atoms with Crippen LogP contribution in [0.2, 0.25) is 0 Å². The van der Waals surface area contributed by atoms with E-state index in [0.717, 1.165) is 12.8 Å². The topological polar surface area (TPSA) is 75.3 Å². The summed E-state index contributed by atoms with van der Waals surface area (Å²) in [5.74, 6) is -0.409. The predicted octanol–water partition coefficient (Wildman–Crippen LogP) is 2.10. The zero-order chi connectivity index (χ0) is 15.9.